The Balaban J connectivity index is 1.49. The van der Waals surface area contributed by atoms with E-state index in [2.05, 4.69) is 9.97 Å². The lowest BCUT2D eigenvalue weighted by atomic mass is 10.1. The highest BCUT2D eigenvalue weighted by molar-refractivity contribution is 7.14. The zero-order valence-electron chi connectivity index (χ0n) is 17.5. The van der Waals surface area contributed by atoms with Gasteiger partial charge >= 0.3 is 5.97 Å². The molecule has 0 atom stereocenters. The fraction of sp³-hybridized carbons (Fsp3) is 0.167. The summed E-state index contributed by atoms with van der Waals surface area (Å²) in [4.78, 5) is 35.2. The molecule has 7 heteroatoms. The van der Waals surface area contributed by atoms with E-state index >= 15 is 0 Å². The van der Waals surface area contributed by atoms with Crippen LogP contribution in [0.3, 0.4) is 0 Å². The minimum absolute atomic E-state index is 0.00245. The van der Waals surface area contributed by atoms with Gasteiger partial charge in [-0.05, 0) is 37.6 Å². The molecule has 0 radical (unpaired) electrons. The molecule has 0 aliphatic carbocycles. The number of aryl methyl sites for hydroxylation is 2. The third-order valence-corrected chi connectivity index (χ3v) is 5.67. The molecule has 4 aromatic rings. The van der Waals surface area contributed by atoms with Crippen molar-refractivity contribution in [2.45, 2.75) is 27.4 Å². The van der Waals surface area contributed by atoms with Gasteiger partial charge in [-0.2, -0.15) is 0 Å². The average Bonchev–Trinajstić information content (AvgIpc) is 3.21. The summed E-state index contributed by atoms with van der Waals surface area (Å²) in [5.41, 5.74) is 4.45. The summed E-state index contributed by atoms with van der Waals surface area (Å²) in [6.45, 7) is 5.48. The monoisotopic (exact) mass is 431 g/mol. The van der Waals surface area contributed by atoms with Gasteiger partial charge in [0, 0.05) is 17.7 Å². The van der Waals surface area contributed by atoms with Gasteiger partial charge < -0.3 is 4.74 Å². The van der Waals surface area contributed by atoms with Crippen LogP contribution in [0.15, 0.2) is 60.0 Å². The van der Waals surface area contributed by atoms with E-state index in [9.17, 15) is 9.59 Å². The number of hydrogen-bond acceptors (Lipinski definition) is 6. The number of carbonyl (C=O) groups excluding carboxylic acids is 2. The maximum absolute atomic E-state index is 12.4. The summed E-state index contributed by atoms with van der Waals surface area (Å²) in [6.07, 6.45) is 0. The van der Waals surface area contributed by atoms with Crippen LogP contribution in [-0.2, 0) is 16.1 Å². The van der Waals surface area contributed by atoms with Crippen molar-refractivity contribution in [3.05, 3.63) is 82.5 Å². The Morgan fingerprint density at radius 1 is 1.03 bits per heavy atom. The lowest BCUT2D eigenvalue weighted by Gasteiger charge is -2.20. The molecule has 31 heavy (non-hydrogen) atoms. The highest BCUT2D eigenvalue weighted by Crippen LogP contribution is 2.32. The van der Waals surface area contributed by atoms with Gasteiger partial charge in [-0.3, -0.25) is 9.69 Å². The Labute approximate surface area is 184 Å². The van der Waals surface area contributed by atoms with Crippen LogP contribution < -0.4 is 4.90 Å². The second-order valence-corrected chi connectivity index (χ2v) is 8.07. The van der Waals surface area contributed by atoms with Crippen molar-refractivity contribution < 1.29 is 14.3 Å². The van der Waals surface area contributed by atoms with Gasteiger partial charge in [0.2, 0.25) is 5.91 Å². The predicted octanol–water partition coefficient (Wildman–Crippen LogP) is 5.35. The first kappa shape index (κ1) is 20.7. The summed E-state index contributed by atoms with van der Waals surface area (Å²) >= 11 is 1.33. The fourth-order valence-corrected chi connectivity index (χ4v) is 4.19. The zero-order valence-corrected chi connectivity index (χ0v) is 18.3. The van der Waals surface area contributed by atoms with Crippen molar-refractivity contribution in [1.29, 1.82) is 0 Å². The number of pyridine rings is 1. The molecule has 6 nitrogen and oxygen atoms in total. The maximum Gasteiger partial charge on any atom is 0.357 e. The normalized spacial score (nSPS) is 10.8. The highest BCUT2D eigenvalue weighted by atomic mass is 32.1. The molecular weight excluding hydrogens is 410 g/mol. The topological polar surface area (TPSA) is 72.4 Å². The lowest BCUT2D eigenvalue weighted by molar-refractivity contribution is -0.115. The van der Waals surface area contributed by atoms with Crippen molar-refractivity contribution in [2.24, 2.45) is 0 Å². The van der Waals surface area contributed by atoms with Crippen molar-refractivity contribution in [3.8, 4) is 0 Å². The number of esters is 1. The molecule has 4 rings (SSSR count). The van der Waals surface area contributed by atoms with Crippen LogP contribution in [0.2, 0.25) is 0 Å². The number of thiazole rings is 1. The molecule has 2 aromatic carbocycles. The molecule has 1 amide bonds. The first-order valence-corrected chi connectivity index (χ1v) is 10.7. The number of aromatic nitrogens is 2. The van der Waals surface area contributed by atoms with E-state index in [1.165, 1.54) is 18.3 Å². The van der Waals surface area contributed by atoms with E-state index in [1.807, 2.05) is 62.4 Å². The number of hydrogen-bond donors (Lipinski definition) is 0. The minimum atomic E-state index is -0.516. The number of fused-ring (bicyclic) bond motifs is 1. The third kappa shape index (κ3) is 4.46. The van der Waals surface area contributed by atoms with Crippen LogP contribution in [0.1, 0.15) is 34.2 Å². The Kier molecular flexibility index (Phi) is 5.77. The third-order valence-electron chi connectivity index (χ3n) is 4.80. The summed E-state index contributed by atoms with van der Waals surface area (Å²) in [5, 5.41) is 3.28. The zero-order chi connectivity index (χ0) is 22.0. The molecule has 0 N–H and O–H groups in total. The molecule has 0 aliphatic heterocycles. The lowest BCUT2D eigenvalue weighted by Crippen LogP contribution is -2.23. The summed E-state index contributed by atoms with van der Waals surface area (Å²) < 4.78 is 5.40. The second kappa shape index (κ2) is 8.65. The molecule has 0 spiro atoms. The summed E-state index contributed by atoms with van der Waals surface area (Å²) in [5.74, 6) is -0.650. The van der Waals surface area contributed by atoms with E-state index in [0.717, 1.165) is 27.7 Å². The number of rotatable bonds is 5. The van der Waals surface area contributed by atoms with Gasteiger partial charge in [-0.1, -0.05) is 42.0 Å². The van der Waals surface area contributed by atoms with Gasteiger partial charge in [0.15, 0.2) is 5.13 Å². The van der Waals surface area contributed by atoms with E-state index in [0.29, 0.717) is 10.8 Å². The predicted molar refractivity (Wildman–Crippen MR) is 122 cm³/mol. The van der Waals surface area contributed by atoms with Crippen molar-refractivity contribution in [3.63, 3.8) is 0 Å². The van der Waals surface area contributed by atoms with Crippen molar-refractivity contribution in [1.82, 2.24) is 9.97 Å². The smallest absolute Gasteiger partial charge is 0.357 e. The van der Waals surface area contributed by atoms with Gasteiger partial charge in [0.25, 0.3) is 0 Å². The molecule has 2 aromatic heterocycles. The van der Waals surface area contributed by atoms with Gasteiger partial charge in [-0.15, -0.1) is 11.3 Å². The Morgan fingerprint density at radius 2 is 1.84 bits per heavy atom. The minimum Gasteiger partial charge on any atom is -0.454 e. The Hall–Kier alpha value is -3.58. The first-order chi connectivity index (χ1) is 14.9. The van der Waals surface area contributed by atoms with Crippen LogP contribution in [0, 0.1) is 13.8 Å². The van der Waals surface area contributed by atoms with E-state index in [4.69, 9.17) is 4.74 Å². The largest absolute Gasteiger partial charge is 0.454 e. The Morgan fingerprint density at radius 3 is 2.61 bits per heavy atom. The molecule has 0 saturated heterocycles. The van der Waals surface area contributed by atoms with Crippen LogP contribution in [-0.4, -0.2) is 21.8 Å². The number of anilines is 2. The van der Waals surface area contributed by atoms with Crippen LogP contribution in [0.5, 0.6) is 0 Å². The van der Waals surface area contributed by atoms with Crippen molar-refractivity contribution >= 4 is 44.9 Å². The molecule has 2 heterocycles. The molecule has 0 fully saturated rings. The SMILES string of the molecule is CC(=O)N(c1nc(COC(=O)c2ccc3ccccc3n2)cs1)c1ccc(C)cc1C. The van der Waals surface area contributed by atoms with Crippen LogP contribution in [0.4, 0.5) is 10.8 Å². The molecule has 156 valence electrons. The highest BCUT2D eigenvalue weighted by Gasteiger charge is 2.20. The summed E-state index contributed by atoms with van der Waals surface area (Å²) in [7, 11) is 0. The van der Waals surface area contributed by atoms with E-state index < -0.39 is 5.97 Å². The number of carbonyl (C=O) groups is 2. The first-order valence-electron chi connectivity index (χ1n) is 9.77. The van der Waals surface area contributed by atoms with Gasteiger partial charge in [0.1, 0.15) is 12.3 Å². The van der Waals surface area contributed by atoms with Gasteiger partial charge in [0.05, 0.1) is 16.9 Å². The second-order valence-electron chi connectivity index (χ2n) is 7.23. The van der Waals surface area contributed by atoms with Crippen LogP contribution in [0.25, 0.3) is 10.9 Å². The van der Waals surface area contributed by atoms with E-state index in [-0.39, 0.29) is 18.2 Å². The standard InChI is InChI=1S/C24H21N3O3S/c1-15-8-11-22(16(2)12-15)27(17(3)28)24-25-19(14-31-24)13-30-23(29)21-10-9-18-6-4-5-7-20(18)26-21/h4-12,14H,13H2,1-3H3. The number of amides is 1. The maximum atomic E-state index is 12.4. The molecule has 0 unspecified atom stereocenters. The molecule has 0 saturated carbocycles. The molecule has 0 bridgehead atoms. The van der Waals surface area contributed by atoms with Crippen molar-refractivity contribution in [2.75, 3.05) is 4.90 Å². The average molecular weight is 432 g/mol. The summed E-state index contributed by atoms with van der Waals surface area (Å²) in [6, 6.07) is 17.0. The number of ether oxygens (including phenoxy) is 1. The quantitative estimate of drug-likeness (QED) is 0.398. The van der Waals surface area contributed by atoms with E-state index in [1.54, 1.807) is 16.3 Å². The fourth-order valence-electron chi connectivity index (χ4n) is 3.32. The molecular formula is C24H21N3O3S. The van der Waals surface area contributed by atoms with Gasteiger partial charge in [-0.25, -0.2) is 14.8 Å². The molecule has 0 aliphatic rings. The number of benzene rings is 2. The van der Waals surface area contributed by atoms with Crippen LogP contribution >= 0.6 is 11.3 Å². The Bertz CT molecular complexity index is 1280. The number of nitrogens with zero attached hydrogens (tertiary/aromatic N) is 3. The number of para-hydroxylation sites is 1.